The summed E-state index contributed by atoms with van der Waals surface area (Å²) in [5.41, 5.74) is 2.82. The van der Waals surface area contributed by atoms with Crippen molar-refractivity contribution in [2.75, 3.05) is 25.7 Å². The molecule has 1 aliphatic rings. The molecule has 0 saturated carbocycles. The number of amides is 2. The van der Waals surface area contributed by atoms with E-state index in [1.807, 2.05) is 71.6 Å². The van der Waals surface area contributed by atoms with Gasteiger partial charge in [-0.2, -0.15) is 0 Å². The lowest BCUT2D eigenvalue weighted by Crippen LogP contribution is -2.53. The SMILES string of the molecule is COc1cc(Br)ccc1CN1C(=O)N(c2ccc(OC)c(OCc3ccccc3)c2)CC[C@@H]1C. The van der Waals surface area contributed by atoms with E-state index in [1.165, 1.54) is 0 Å². The molecule has 7 heteroatoms. The van der Waals surface area contributed by atoms with Gasteiger partial charge < -0.3 is 19.1 Å². The van der Waals surface area contributed by atoms with Crippen molar-refractivity contribution in [2.24, 2.45) is 0 Å². The smallest absolute Gasteiger partial charge is 0.325 e. The normalized spacial score (nSPS) is 15.9. The number of benzene rings is 3. The first-order valence-electron chi connectivity index (χ1n) is 11.3. The Morgan fingerprint density at radius 1 is 0.941 bits per heavy atom. The van der Waals surface area contributed by atoms with Crippen LogP contribution in [0.15, 0.2) is 71.2 Å². The van der Waals surface area contributed by atoms with E-state index in [4.69, 9.17) is 14.2 Å². The van der Waals surface area contributed by atoms with Crippen molar-refractivity contribution in [3.63, 3.8) is 0 Å². The van der Waals surface area contributed by atoms with Gasteiger partial charge in [0.05, 0.1) is 20.8 Å². The number of urea groups is 1. The van der Waals surface area contributed by atoms with Gasteiger partial charge in [0.15, 0.2) is 11.5 Å². The molecule has 0 bridgehead atoms. The first-order chi connectivity index (χ1) is 16.5. The molecule has 1 aliphatic heterocycles. The van der Waals surface area contributed by atoms with E-state index in [2.05, 4.69) is 22.9 Å². The highest BCUT2D eigenvalue weighted by Crippen LogP contribution is 2.35. The maximum absolute atomic E-state index is 13.6. The Morgan fingerprint density at radius 3 is 2.44 bits per heavy atom. The van der Waals surface area contributed by atoms with Crippen LogP contribution in [0.25, 0.3) is 0 Å². The molecule has 0 aromatic heterocycles. The van der Waals surface area contributed by atoms with Crippen molar-refractivity contribution in [3.8, 4) is 17.2 Å². The van der Waals surface area contributed by atoms with E-state index in [-0.39, 0.29) is 12.1 Å². The van der Waals surface area contributed by atoms with Crippen LogP contribution in [0, 0.1) is 0 Å². The Labute approximate surface area is 209 Å². The molecule has 6 nitrogen and oxygen atoms in total. The van der Waals surface area contributed by atoms with Gasteiger partial charge in [0.25, 0.3) is 0 Å². The summed E-state index contributed by atoms with van der Waals surface area (Å²) in [5, 5.41) is 0. The van der Waals surface area contributed by atoms with Crippen molar-refractivity contribution in [3.05, 3.63) is 82.3 Å². The molecule has 1 atom stereocenters. The van der Waals surface area contributed by atoms with Crippen molar-refractivity contribution in [2.45, 2.75) is 32.5 Å². The number of nitrogens with zero attached hydrogens (tertiary/aromatic N) is 2. The van der Waals surface area contributed by atoms with Crippen LogP contribution in [0.1, 0.15) is 24.5 Å². The second-order valence-electron chi connectivity index (χ2n) is 8.27. The van der Waals surface area contributed by atoms with Gasteiger partial charge in [0.2, 0.25) is 0 Å². The largest absolute Gasteiger partial charge is 0.496 e. The van der Waals surface area contributed by atoms with Gasteiger partial charge in [0.1, 0.15) is 12.4 Å². The number of hydrogen-bond donors (Lipinski definition) is 0. The molecule has 34 heavy (non-hydrogen) atoms. The molecule has 0 N–H and O–H groups in total. The number of methoxy groups -OCH3 is 2. The van der Waals surface area contributed by atoms with Crippen LogP contribution < -0.4 is 19.1 Å². The minimum absolute atomic E-state index is 0.0390. The average Bonchev–Trinajstić information content (AvgIpc) is 2.86. The third kappa shape index (κ3) is 5.30. The maximum atomic E-state index is 13.6. The fourth-order valence-electron chi connectivity index (χ4n) is 4.09. The average molecular weight is 525 g/mol. The number of anilines is 1. The van der Waals surface area contributed by atoms with Crippen molar-refractivity contribution >= 4 is 27.6 Å². The molecule has 0 aliphatic carbocycles. The quantitative estimate of drug-likeness (QED) is 0.348. The number of halogens is 1. The second kappa shape index (κ2) is 10.8. The van der Waals surface area contributed by atoms with Crippen LogP contribution >= 0.6 is 15.9 Å². The molecule has 4 rings (SSSR count). The Kier molecular flexibility index (Phi) is 7.63. The van der Waals surface area contributed by atoms with E-state index in [0.29, 0.717) is 31.2 Å². The molecule has 3 aromatic rings. The highest BCUT2D eigenvalue weighted by atomic mass is 79.9. The summed E-state index contributed by atoms with van der Waals surface area (Å²) in [5.74, 6) is 2.00. The van der Waals surface area contributed by atoms with Gasteiger partial charge in [-0.3, -0.25) is 4.90 Å². The fourth-order valence-corrected chi connectivity index (χ4v) is 4.43. The lowest BCUT2D eigenvalue weighted by Gasteiger charge is -2.40. The molecular formula is C27H29BrN2O4. The van der Waals surface area contributed by atoms with E-state index < -0.39 is 0 Å². The van der Waals surface area contributed by atoms with Gasteiger partial charge in [-0.15, -0.1) is 0 Å². The number of ether oxygens (including phenoxy) is 3. The van der Waals surface area contributed by atoms with E-state index in [1.54, 1.807) is 19.1 Å². The molecule has 178 valence electrons. The van der Waals surface area contributed by atoms with E-state index >= 15 is 0 Å². The third-order valence-electron chi connectivity index (χ3n) is 6.07. The summed E-state index contributed by atoms with van der Waals surface area (Å²) in [6, 6.07) is 21.6. The summed E-state index contributed by atoms with van der Waals surface area (Å²) in [6.07, 6.45) is 0.858. The number of rotatable bonds is 8. The Hall–Kier alpha value is -3.19. The highest BCUT2D eigenvalue weighted by molar-refractivity contribution is 9.10. The molecule has 1 saturated heterocycles. The van der Waals surface area contributed by atoms with Gasteiger partial charge in [-0.05, 0) is 43.2 Å². The van der Waals surface area contributed by atoms with Crippen molar-refractivity contribution < 1.29 is 19.0 Å². The van der Waals surface area contributed by atoms with Crippen molar-refractivity contribution in [1.82, 2.24) is 4.90 Å². The topological polar surface area (TPSA) is 51.2 Å². The predicted molar refractivity (Wildman–Crippen MR) is 137 cm³/mol. The Balaban J connectivity index is 1.56. The van der Waals surface area contributed by atoms with Crippen LogP contribution in [-0.2, 0) is 13.2 Å². The number of carbonyl (C=O) groups excluding carboxylic acids is 1. The zero-order chi connectivity index (χ0) is 24.1. The summed E-state index contributed by atoms with van der Waals surface area (Å²) in [6.45, 7) is 3.61. The van der Waals surface area contributed by atoms with Gasteiger partial charge >= 0.3 is 6.03 Å². The van der Waals surface area contributed by atoms with E-state index in [9.17, 15) is 4.79 Å². The second-order valence-corrected chi connectivity index (χ2v) is 9.18. The summed E-state index contributed by atoms with van der Waals surface area (Å²) < 4.78 is 18.0. The van der Waals surface area contributed by atoms with Gasteiger partial charge in [0, 0.05) is 34.4 Å². The molecular weight excluding hydrogens is 496 g/mol. The number of carbonyl (C=O) groups is 1. The van der Waals surface area contributed by atoms with Crippen molar-refractivity contribution in [1.29, 1.82) is 0 Å². The predicted octanol–water partition coefficient (Wildman–Crippen LogP) is 6.27. The number of hydrogen-bond acceptors (Lipinski definition) is 4. The lowest BCUT2D eigenvalue weighted by molar-refractivity contribution is 0.165. The maximum Gasteiger partial charge on any atom is 0.325 e. The third-order valence-corrected chi connectivity index (χ3v) is 6.56. The molecule has 0 spiro atoms. The monoisotopic (exact) mass is 524 g/mol. The summed E-state index contributed by atoms with van der Waals surface area (Å²) in [4.78, 5) is 17.3. The highest BCUT2D eigenvalue weighted by Gasteiger charge is 2.32. The van der Waals surface area contributed by atoms with E-state index in [0.717, 1.165) is 33.5 Å². The van der Waals surface area contributed by atoms with Crippen LogP contribution in [0.5, 0.6) is 17.2 Å². The van der Waals surface area contributed by atoms with Crippen LogP contribution in [0.2, 0.25) is 0 Å². The zero-order valence-electron chi connectivity index (χ0n) is 19.7. The Morgan fingerprint density at radius 2 is 1.71 bits per heavy atom. The Bertz CT molecular complexity index is 1140. The minimum Gasteiger partial charge on any atom is -0.496 e. The van der Waals surface area contributed by atoms with Gasteiger partial charge in [-0.25, -0.2) is 4.79 Å². The fraction of sp³-hybridized carbons (Fsp3) is 0.296. The summed E-state index contributed by atoms with van der Waals surface area (Å²) in [7, 11) is 3.26. The van der Waals surface area contributed by atoms with Crippen LogP contribution in [0.3, 0.4) is 0 Å². The van der Waals surface area contributed by atoms with Gasteiger partial charge in [-0.1, -0.05) is 52.3 Å². The molecule has 3 aromatic carbocycles. The lowest BCUT2D eigenvalue weighted by atomic mass is 10.1. The molecule has 0 unspecified atom stereocenters. The molecule has 0 radical (unpaired) electrons. The molecule has 2 amide bonds. The molecule has 1 heterocycles. The van der Waals surface area contributed by atoms with Crippen LogP contribution in [0.4, 0.5) is 10.5 Å². The minimum atomic E-state index is -0.0390. The van der Waals surface area contributed by atoms with Crippen LogP contribution in [-0.4, -0.2) is 37.7 Å². The first kappa shape index (κ1) is 24.0. The summed E-state index contributed by atoms with van der Waals surface area (Å²) >= 11 is 3.48. The zero-order valence-corrected chi connectivity index (χ0v) is 21.2. The standard InChI is InChI=1S/C27H29BrN2O4/c1-19-13-14-29(27(31)30(19)17-21-9-10-22(28)15-25(21)33-3)23-11-12-24(32-2)26(16-23)34-18-20-7-5-4-6-8-20/h4-12,15-16,19H,13-14,17-18H2,1-3H3/t19-/m0/s1. The first-order valence-corrected chi connectivity index (χ1v) is 12.0. The molecule has 1 fully saturated rings.